The topological polar surface area (TPSA) is 54.0 Å². The Labute approximate surface area is 125 Å². The van der Waals surface area contributed by atoms with E-state index in [0.717, 1.165) is 24.2 Å². The minimum atomic E-state index is -0.144. The first kappa shape index (κ1) is 15.2. The molecule has 2 aromatic rings. The van der Waals surface area contributed by atoms with Gasteiger partial charge in [-0.05, 0) is 49.7 Å². The lowest BCUT2D eigenvalue weighted by atomic mass is 10.1. The van der Waals surface area contributed by atoms with E-state index in [1.165, 1.54) is 0 Å². The van der Waals surface area contributed by atoms with Crippen LogP contribution in [0.5, 0.6) is 0 Å². The van der Waals surface area contributed by atoms with Crippen LogP contribution in [0.4, 0.5) is 5.69 Å². The van der Waals surface area contributed by atoms with Crippen LogP contribution in [0.25, 0.3) is 0 Å². The molecule has 1 unspecified atom stereocenters. The molecule has 2 N–H and O–H groups in total. The summed E-state index contributed by atoms with van der Waals surface area (Å²) in [6.07, 6.45) is 4.31. The second kappa shape index (κ2) is 7.55. The summed E-state index contributed by atoms with van der Waals surface area (Å²) in [5, 5.41) is 6.34. The second-order valence-corrected chi connectivity index (χ2v) is 5.00. The highest BCUT2D eigenvalue weighted by atomic mass is 16.1. The first-order valence-electron chi connectivity index (χ1n) is 7.25. The van der Waals surface area contributed by atoms with Gasteiger partial charge in [0.2, 0.25) is 0 Å². The molecule has 0 saturated carbocycles. The summed E-state index contributed by atoms with van der Waals surface area (Å²) in [6.45, 7) is 5.25. The van der Waals surface area contributed by atoms with Crippen molar-refractivity contribution in [3.8, 4) is 0 Å². The highest BCUT2D eigenvalue weighted by Crippen LogP contribution is 2.18. The predicted molar refractivity (Wildman–Crippen MR) is 85.3 cm³/mol. The Kier molecular flexibility index (Phi) is 5.46. The van der Waals surface area contributed by atoms with E-state index >= 15 is 0 Å². The van der Waals surface area contributed by atoms with Crippen LogP contribution in [0.3, 0.4) is 0 Å². The molecule has 1 amide bonds. The largest absolute Gasteiger partial charge is 0.322 e. The van der Waals surface area contributed by atoms with Gasteiger partial charge in [0.1, 0.15) is 0 Å². The zero-order valence-corrected chi connectivity index (χ0v) is 12.5. The number of hydrogen-bond acceptors (Lipinski definition) is 3. The van der Waals surface area contributed by atoms with Crippen molar-refractivity contribution in [3.63, 3.8) is 0 Å². The maximum absolute atomic E-state index is 12.1. The second-order valence-electron chi connectivity index (χ2n) is 5.00. The normalized spacial score (nSPS) is 11.9. The highest BCUT2D eigenvalue weighted by Gasteiger charge is 2.08. The molecule has 0 radical (unpaired) electrons. The fourth-order valence-electron chi connectivity index (χ4n) is 2.06. The zero-order valence-electron chi connectivity index (χ0n) is 12.5. The van der Waals surface area contributed by atoms with Gasteiger partial charge in [-0.25, -0.2) is 0 Å². The molecule has 1 aromatic heterocycles. The van der Waals surface area contributed by atoms with Crippen LogP contribution in [0, 0.1) is 0 Å². The number of pyridine rings is 1. The SMILES string of the molecule is CCCNC(C)c1cccc(NC(=O)c2cccnc2)c1. The van der Waals surface area contributed by atoms with Crippen molar-refractivity contribution in [2.45, 2.75) is 26.3 Å². The van der Waals surface area contributed by atoms with Gasteiger partial charge < -0.3 is 10.6 Å². The molecule has 0 aliphatic heterocycles. The van der Waals surface area contributed by atoms with Crippen LogP contribution < -0.4 is 10.6 Å². The van der Waals surface area contributed by atoms with E-state index in [-0.39, 0.29) is 11.9 Å². The average Bonchev–Trinajstić information content (AvgIpc) is 2.53. The molecule has 0 aliphatic rings. The summed E-state index contributed by atoms with van der Waals surface area (Å²) in [5.41, 5.74) is 2.51. The minimum absolute atomic E-state index is 0.144. The molecular formula is C17H21N3O. The molecule has 0 fully saturated rings. The molecule has 110 valence electrons. The lowest BCUT2D eigenvalue weighted by Gasteiger charge is -2.15. The van der Waals surface area contributed by atoms with Crippen molar-refractivity contribution >= 4 is 11.6 Å². The molecule has 0 spiro atoms. The van der Waals surface area contributed by atoms with E-state index in [0.29, 0.717) is 5.56 Å². The van der Waals surface area contributed by atoms with Crippen LogP contribution in [-0.4, -0.2) is 17.4 Å². The van der Waals surface area contributed by atoms with Gasteiger partial charge in [0.05, 0.1) is 5.56 Å². The number of benzene rings is 1. The van der Waals surface area contributed by atoms with Gasteiger partial charge in [0.15, 0.2) is 0 Å². The summed E-state index contributed by atoms with van der Waals surface area (Å²) >= 11 is 0. The number of nitrogens with zero attached hydrogens (tertiary/aromatic N) is 1. The van der Waals surface area contributed by atoms with Gasteiger partial charge in [-0.2, -0.15) is 0 Å². The lowest BCUT2D eigenvalue weighted by molar-refractivity contribution is 0.102. The molecule has 0 saturated heterocycles. The number of rotatable bonds is 6. The van der Waals surface area contributed by atoms with Gasteiger partial charge in [-0.15, -0.1) is 0 Å². The molecule has 4 heteroatoms. The Morgan fingerprint density at radius 2 is 2.14 bits per heavy atom. The van der Waals surface area contributed by atoms with Gasteiger partial charge in [-0.3, -0.25) is 9.78 Å². The first-order valence-corrected chi connectivity index (χ1v) is 7.25. The fourth-order valence-corrected chi connectivity index (χ4v) is 2.06. The maximum Gasteiger partial charge on any atom is 0.257 e. The Bertz CT molecular complexity index is 584. The van der Waals surface area contributed by atoms with E-state index in [1.807, 2.05) is 18.2 Å². The third-order valence-electron chi connectivity index (χ3n) is 3.27. The molecule has 1 atom stereocenters. The summed E-state index contributed by atoms with van der Waals surface area (Å²) in [7, 11) is 0. The van der Waals surface area contributed by atoms with E-state index in [1.54, 1.807) is 24.5 Å². The molecule has 2 rings (SSSR count). The Morgan fingerprint density at radius 1 is 1.29 bits per heavy atom. The number of aromatic nitrogens is 1. The number of carbonyl (C=O) groups is 1. The van der Waals surface area contributed by atoms with Crippen molar-refractivity contribution < 1.29 is 4.79 Å². The number of amides is 1. The number of hydrogen-bond donors (Lipinski definition) is 2. The van der Waals surface area contributed by atoms with Crippen LogP contribution in [-0.2, 0) is 0 Å². The van der Waals surface area contributed by atoms with Gasteiger partial charge in [0, 0.05) is 24.1 Å². The minimum Gasteiger partial charge on any atom is -0.322 e. The molecular weight excluding hydrogens is 262 g/mol. The lowest BCUT2D eigenvalue weighted by Crippen LogP contribution is -2.19. The summed E-state index contributed by atoms with van der Waals surface area (Å²) in [6, 6.07) is 11.7. The van der Waals surface area contributed by atoms with Crippen LogP contribution in [0.2, 0.25) is 0 Å². The third-order valence-corrected chi connectivity index (χ3v) is 3.27. The monoisotopic (exact) mass is 283 g/mol. The van der Waals surface area contributed by atoms with E-state index < -0.39 is 0 Å². The first-order chi connectivity index (χ1) is 10.2. The standard InChI is InChI=1S/C17H21N3O/c1-3-9-19-13(2)14-6-4-8-16(11-14)20-17(21)15-7-5-10-18-12-15/h4-8,10-13,19H,3,9H2,1-2H3,(H,20,21). The van der Waals surface area contributed by atoms with Crippen molar-refractivity contribution in [2.24, 2.45) is 0 Å². The fraction of sp³-hybridized carbons (Fsp3) is 0.294. The predicted octanol–water partition coefficient (Wildman–Crippen LogP) is 3.39. The molecule has 21 heavy (non-hydrogen) atoms. The molecule has 0 bridgehead atoms. The smallest absolute Gasteiger partial charge is 0.257 e. The zero-order chi connectivity index (χ0) is 15.1. The third kappa shape index (κ3) is 4.39. The summed E-state index contributed by atoms with van der Waals surface area (Å²) in [5.74, 6) is -0.144. The quantitative estimate of drug-likeness (QED) is 0.854. The maximum atomic E-state index is 12.1. The molecule has 1 heterocycles. The van der Waals surface area contributed by atoms with Crippen LogP contribution in [0.15, 0.2) is 48.8 Å². The molecule has 0 aliphatic carbocycles. The van der Waals surface area contributed by atoms with E-state index in [2.05, 4.69) is 35.5 Å². The summed E-state index contributed by atoms with van der Waals surface area (Å²) in [4.78, 5) is 16.1. The highest BCUT2D eigenvalue weighted by molar-refractivity contribution is 6.04. The van der Waals surface area contributed by atoms with Crippen molar-refractivity contribution in [1.29, 1.82) is 0 Å². The van der Waals surface area contributed by atoms with Crippen molar-refractivity contribution in [1.82, 2.24) is 10.3 Å². The van der Waals surface area contributed by atoms with E-state index in [4.69, 9.17) is 0 Å². The van der Waals surface area contributed by atoms with Crippen molar-refractivity contribution in [2.75, 3.05) is 11.9 Å². The van der Waals surface area contributed by atoms with E-state index in [9.17, 15) is 4.79 Å². The Balaban J connectivity index is 2.06. The number of anilines is 1. The average molecular weight is 283 g/mol. The number of nitrogens with one attached hydrogen (secondary N) is 2. The van der Waals surface area contributed by atoms with Gasteiger partial charge in [0.25, 0.3) is 5.91 Å². The van der Waals surface area contributed by atoms with Crippen molar-refractivity contribution in [3.05, 3.63) is 59.9 Å². The van der Waals surface area contributed by atoms with Crippen LogP contribution >= 0.6 is 0 Å². The molecule has 1 aromatic carbocycles. The van der Waals surface area contributed by atoms with Gasteiger partial charge in [-0.1, -0.05) is 19.1 Å². The van der Waals surface area contributed by atoms with Crippen LogP contribution in [0.1, 0.15) is 42.2 Å². The Hall–Kier alpha value is -2.20. The Morgan fingerprint density at radius 3 is 2.86 bits per heavy atom. The molecule has 4 nitrogen and oxygen atoms in total. The summed E-state index contributed by atoms with van der Waals surface area (Å²) < 4.78 is 0. The number of carbonyl (C=O) groups excluding carboxylic acids is 1. The van der Waals surface area contributed by atoms with Gasteiger partial charge >= 0.3 is 0 Å².